The van der Waals surface area contributed by atoms with Crippen molar-refractivity contribution < 1.29 is 4.79 Å². The van der Waals surface area contributed by atoms with Crippen LogP contribution in [0.5, 0.6) is 0 Å². The summed E-state index contributed by atoms with van der Waals surface area (Å²) >= 11 is 1.51. The fourth-order valence-corrected chi connectivity index (χ4v) is 2.64. The summed E-state index contributed by atoms with van der Waals surface area (Å²) in [6.07, 6.45) is 2.37. The molecule has 0 bridgehead atoms. The molecule has 2 aromatic rings. The van der Waals surface area contributed by atoms with Crippen molar-refractivity contribution in [3.8, 4) is 0 Å². The molecule has 0 atom stereocenters. The van der Waals surface area contributed by atoms with Gasteiger partial charge in [-0.25, -0.2) is 4.98 Å². The molecule has 1 heterocycles. The highest BCUT2D eigenvalue weighted by Crippen LogP contribution is 2.19. The minimum atomic E-state index is 0.130. The Morgan fingerprint density at radius 2 is 2.05 bits per heavy atom. The van der Waals surface area contributed by atoms with Gasteiger partial charge in [0.25, 0.3) is 0 Å². The molecule has 1 aromatic carbocycles. The van der Waals surface area contributed by atoms with E-state index in [1.54, 1.807) is 11.9 Å². The van der Waals surface area contributed by atoms with Crippen LogP contribution in [-0.2, 0) is 11.2 Å². The van der Waals surface area contributed by atoms with Crippen molar-refractivity contribution in [2.45, 2.75) is 26.2 Å². The molecule has 0 aliphatic rings. The van der Waals surface area contributed by atoms with Crippen LogP contribution >= 0.6 is 11.3 Å². The summed E-state index contributed by atoms with van der Waals surface area (Å²) in [6, 6.07) is 10.3. The minimum absolute atomic E-state index is 0.130. The first-order valence-electron chi connectivity index (χ1n) is 6.39. The van der Waals surface area contributed by atoms with Crippen LogP contribution < -0.4 is 4.90 Å². The highest BCUT2D eigenvalue weighted by molar-refractivity contribution is 7.14. The molecular weight excluding hydrogens is 256 g/mol. The number of hydrogen-bond acceptors (Lipinski definition) is 3. The summed E-state index contributed by atoms with van der Waals surface area (Å²) < 4.78 is 0. The molecule has 4 heteroatoms. The Labute approximate surface area is 117 Å². The van der Waals surface area contributed by atoms with E-state index in [1.165, 1.54) is 16.9 Å². The van der Waals surface area contributed by atoms with Crippen LogP contribution in [0, 0.1) is 6.92 Å². The monoisotopic (exact) mass is 274 g/mol. The van der Waals surface area contributed by atoms with E-state index in [9.17, 15) is 4.79 Å². The second-order valence-electron chi connectivity index (χ2n) is 4.56. The van der Waals surface area contributed by atoms with Crippen molar-refractivity contribution in [2.75, 3.05) is 11.9 Å². The van der Waals surface area contributed by atoms with Gasteiger partial charge in [-0.15, -0.1) is 11.3 Å². The second-order valence-corrected chi connectivity index (χ2v) is 5.40. The Kier molecular flexibility index (Phi) is 4.68. The van der Waals surface area contributed by atoms with Crippen LogP contribution in [-0.4, -0.2) is 17.9 Å². The van der Waals surface area contributed by atoms with Gasteiger partial charge in [0.1, 0.15) is 0 Å². The molecular formula is C15H18N2OS. The van der Waals surface area contributed by atoms with Crippen molar-refractivity contribution in [3.05, 3.63) is 47.0 Å². The van der Waals surface area contributed by atoms with Gasteiger partial charge in [0.15, 0.2) is 5.13 Å². The Hall–Kier alpha value is -1.68. The predicted molar refractivity (Wildman–Crippen MR) is 79.6 cm³/mol. The molecule has 0 aliphatic heterocycles. The van der Waals surface area contributed by atoms with Gasteiger partial charge in [0.05, 0.1) is 5.69 Å². The number of benzene rings is 1. The van der Waals surface area contributed by atoms with Gasteiger partial charge in [-0.05, 0) is 25.3 Å². The van der Waals surface area contributed by atoms with Crippen LogP contribution in [0.3, 0.4) is 0 Å². The van der Waals surface area contributed by atoms with Gasteiger partial charge in [-0.3, -0.25) is 9.69 Å². The number of thiazole rings is 1. The molecule has 0 fully saturated rings. The van der Waals surface area contributed by atoms with E-state index < -0.39 is 0 Å². The number of amides is 1. The first-order valence-corrected chi connectivity index (χ1v) is 7.27. The summed E-state index contributed by atoms with van der Waals surface area (Å²) in [4.78, 5) is 18.0. The minimum Gasteiger partial charge on any atom is -0.291 e. The predicted octanol–water partition coefficient (Wildman–Crippen LogP) is 3.44. The SMILES string of the molecule is Cc1csc(N(C)C(=O)CCCc2ccccc2)n1. The maximum atomic E-state index is 12.0. The van der Waals surface area contributed by atoms with Crippen LogP contribution in [0.4, 0.5) is 5.13 Å². The zero-order chi connectivity index (χ0) is 13.7. The average Bonchev–Trinajstić information content (AvgIpc) is 2.85. The lowest BCUT2D eigenvalue weighted by Crippen LogP contribution is -2.25. The number of carbonyl (C=O) groups is 1. The van der Waals surface area contributed by atoms with Gasteiger partial charge in [0.2, 0.25) is 5.91 Å². The molecule has 0 saturated carbocycles. The lowest BCUT2D eigenvalue weighted by atomic mass is 10.1. The van der Waals surface area contributed by atoms with Crippen molar-refractivity contribution in [1.82, 2.24) is 4.98 Å². The van der Waals surface area contributed by atoms with Crippen LogP contribution in [0.25, 0.3) is 0 Å². The third-order valence-corrected chi connectivity index (χ3v) is 4.00. The Balaban J connectivity index is 1.81. The number of hydrogen-bond donors (Lipinski definition) is 0. The molecule has 3 nitrogen and oxygen atoms in total. The van der Waals surface area contributed by atoms with Gasteiger partial charge in [-0.1, -0.05) is 30.3 Å². The van der Waals surface area contributed by atoms with Gasteiger partial charge < -0.3 is 0 Å². The molecule has 0 N–H and O–H groups in total. The summed E-state index contributed by atoms with van der Waals surface area (Å²) in [5.74, 6) is 0.130. The van der Waals surface area contributed by atoms with E-state index in [0.717, 1.165) is 23.7 Å². The first-order chi connectivity index (χ1) is 9.16. The molecule has 0 aliphatic carbocycles. The topological polar surface area (TPSA) is 33.2 Å². The van der Waals surface area contributed by atoms with Crippen molar-refractivity contribution >= 4 is 22.4 Å². The lowest BCUT2D eigenvalue weighted by Gasteiger charge is -2.13. The fraction of sp³-hybridized carbons (Fsp3) is 0.333. The number of nitrogens with zero attached hydrogens (tertiary/aromatic N) is 2. The Bertz CT molecular complexity index is 536. The van der Waals surface area contributed by atoms with Crippen molar-refractivity contribution in [1.29, 1.82) is 0 Å². The van der Waals surface area contributed by atoms with E-state index in [0.29, 0.717) is 6.42 Å². The normalized spacial score (nSPS) is 10.4. The molecule has 1 amide bonds. The summed E-state index contributed by atoms with van der Waals surface area (Å²) in [6.45, 7) is 1.94. The van der Waals surface area contributed by atoms with Crippen molar-refractivity contribution in [3.63, 3.8) is 0 Å². The molecule has 100 valence electrons. The summed E-state index contributed by atoms with van der Waals surface area (Å²) in [7, 11) is 1.79. The van der Waals surface area contributed by atoms with E-state index in [2.05, 4.69) is 17.1 Å². The fourth-order valence-electron chi connectivity index (χ4n) is 1.86. The van der Waals surface area contributed by atoms with E-state index in [1.807, 2.05) is 30.5 Å². The smallest absolute Gasteiger partial charge is 0.228 e. The molecule has 2 rings (SSSR count). The number of rotatable bonds is 5. The molecule has 0 unspecified atom stereocenters. The van der Waals surface area contributed by atoms with Crippen molar-refractivity contribution in [2.24, 2.45) is 0 Å². The van der Waals surface area contributed by atoms with E-state index in [4.69, 9.17) is 0 Å². The molecule has 0 radical (unpaired) electrons. The maximum absolute atomic E-state index is 12.0. The van der Waals surface area contributed by atoms with Crippen LogP contribution in [0.2, 0.25) is 0 Å². The zero-order valence-corrected chi connectivity index (χ0v) is 12.1. The lowest BCUT2D eigenvalue weighted by molar-refractivity contribution is -0.118. The third-order valence-electron chi connectivity index (χ3n) is 2.97. The average molecular weight is 274 g/mol. The highest BCUT2D eigenvalue weighted by atomic mass is 32.1. The molecule has 0 spiro atoms. The Morgan fingerprint density at radius 1 is 1.32 bits per heavy atom. The highest BCUT2D eigenvalue weighted by Gasteiger charge is 2.13. The molecule has 19 heavy (non-hydrogen) atoms. The van der Waals surface area contributed by atoms with Gasteiger partial charge in [-0.2, -0.15) is 0 Å². The number of carbonyl (C=O) groups excluding carboxylic acids is 1. The largest absolute Gasteiger partial charge is 0.291 e. The van der Waals surface area contributed by atoms with Crippen LogP contribution in [0.15, 0.2) is 35.7 Å². The van der Waals surface area contributed by atoms with Crippen LogP contribution in [0.1, 0.15) is 24.1 Å². The molecule has 1 aromatic heterocycles. The molecule has 0 saturated heterocycles. The van der Waals surface area contributed by atoms with Gasteiger partial charge in [0, 0.05) is 18.8 Å². The number of anilines is 1. The second kappa shape index (κ2) is 6.48. The summed E-state index contributed by atoms with van der Waals surface area (Å²) in [5.41, 5.74) is 2.24. The van der Waals surface area contributed by atoms with Gasteiger partial charge >= 0.3 is 0 Å². The number of aryl methyl sites for hydroxylation is 2. The van der Waals surface area contributed by atoms with E-state index in [-0.39, 0.29) is 5.91 Å². The number of aromatic nitrogens is 1. The maximum Gasteiger partial charge on any atom is 0.228 e. The zero-order valence-electron chi connectivity index (χ0n) is 11.3. The quantitative estimate of drug-likeness (QED) is 0.837. The third kappa shape index (κ3) is 3.89. The summed E-state index contributed by atoms with van der Waals surface area (Å²) in [5, 5.41) is 2.74. The van der Waals surface area contributed by atoms with E-state index >= 15 is 0 Å². The first kappa shape index (κ1) is 13.7. The Morgan fingerprint density at radius 3 is 2.68 bits per heavy atom. The standard InChI is InChI=1S/C15H18N2OS/c1-12-11-19-15(16-12)17(2)14(18)10-6-9-13-7-4-3-5-8-13/h3-5,7-8,11H,6,9-10H2,1-2H3.